The summed E-state index contributed by atoms with van der Waals surface area (Å²) in [5.41, 5.74) is 0.366. The van der Waals surface area contributed by atoms with E-state index in [0.717, 1.165) is 24.8 Å². The zero-order valence-corrected chi connectivity index (χ0v) is 17.7. The fraction of sp³-hybridized carbons (Fsp3) is 0.250. The van der Waals surface area contributed by atoms with Crippen molar-refractivity contribution in [3.63, 3.8) is 0 Å². The Morgan fingerprint density at radius 1 is 1.26 bits per heavy atom. The number of aromatic nitrogens is 2. The minimum atomic E-state index is -3.58. The van der Waals surface area contributed by atoms with Gasteiger partial charge in [0.1, 0.15) is 11.6 Å². The molecule has 0 spiro atoms. The molecule has 0 saturated heterocycles. The zero-order chi connectivity index (χ0) is 22.8. The van der Waals surface area contributed by atoms with Crippen molar-refractivity contribution in [1.82, 2.24) is 10.1 Å². The Morgan fingerprint density at radius 2 is 1.97 bits per heavy atom. The van der Waals surface area contributed by atoms with E-state index in [0.29, 0.717) is 11.3 Å². The van der Waals surface area contributed by atoms with E-state index in [4.69, 9.17) is 14.4 Å². The highest BCUT2D eigenvalue weighted by molar-refractivity contribution is 7.92. The predicted molar refractivity (Wildman–Crippen MR) is 111 cm³/mol. The standard InChI is InChI=1S/C20H20FN3O6S/c1-4-11(2)29-17-8-6-13(10-16(17)24-31(3,27)28)19-22-18(23-30-19)12-5-7-14(20(25)26)15(21)9-12/h5-11,24H,4H2,1-3H3,(H,25,26). The van der Waals surface area contributed by atoms with Gasteiger partial charge >= 0.3 is 5.97 Å². The Hall–Kier alpha value is -3.47. The SMILES string of the molecule is CCC(C)Oc1ccc(-c2nc(-c3ccc(C(=O)O)c(F)c3)no2)cc1NS(C)(=O)=O. The molecule has 0 amide bonds. The van der Waals surface area contributed by atoms with E-state index in [1.807, 2.05) is 13.8 Å². The molecular weight excluding hydrogens is 429 g/mol. The smallest absolute Gasteiger partial charge is 0.338 e. The van der Waals surface area contributed by atoms with E-state index in [9.17, 15) is 17.6 Å². The van der Waals surface area contributed by atoms with Crippen LogP contribution in [0, 0.1) is 5.82 Å². The first-order chi connectivity index (χ1) is 14.6. The molecule has 11 heteroatoms. The van der Waals surface area contributed by atoms with Gasteiger partial charge in [0.05, 0.1) is 23.6 Å². The lowest BCUT2D eigenvalue weighted by atomic mass is 10.1. The molecule has 0 aliphatic rings. The number of benzene rings is 2. The van der Waals surface area contributed by atoms with Gasteiger partial charge in [0.25, 0.3) is 5.89 Å². The molecule has 164 valence electrons. The van der Waals surface area contributed by atoms with Gasteiger partial charge < -0.3 is 14.4 Å². The van der Waals surface area contributed by atoms with Crippen LogP contribution in [-0.2, 0) is 10.0 Å². The second-order valence-corrected chi connectivity index (χ2v) is 8.59. The van der Waals surface area contributed by atoms with Crippen molar-refractivity contribution in [3.05, 3.63) is 47.8 Å². The summed E-state index contributed by atoms with van der Waals surface area (Å²) in [5.74, 6) is -1.87. The molecule has 31 heavy (non-hydrogen) atoms. The largest absolute Gasteiger partial charge is 0.489 e. The second kappa shape index (κ2) is 8.72. The van der Waals surface area contributed by atoms with Crippen LogP contribution >= 0.6 is 0 Å². The van der Waals surface area contributed by atoms with Gasteiger partial charge in [-0.1, -0.05) is 12.1 Å². The summed E-state index contributed by atoms with van der Waals surface area (Å²) in [4.78, 5) is 15.2. The molecule has 1 aromatic heterocycles. The maximum absolute atomic E-state index is 14.0. The molecule has 0 fully saturated rings. The normalized spacial score (nSPS) is 12.4. The van der Waals surface area contributed by atoms with E-state index in [2.05, 4.69) is 14.9 Å². The number of sulfonamides is 1. The number of rotatable bonds is 8. The number of halogens is 1. The van der Waals surface area contributed by atoms with Crippen molar-refractivity contribution in [2.24, 2.45) is 0 Å². The molecule has 0 bridgehead atoms. The lowest BCUT2D eigenvalue weighted by molar-refractivity contribution is 0.0692. The van der Waals surface area contributed by atoms with Crippen molar-refractivity contribution >= 4 is 21.7 Å². The van der Waals surface area contributed by atoms with Crippen LogP contribution in [0.15, 0.2) is 40.9 Å². The molecule has 0 saturated carbocycles. The van der Waals surface area contributed by atoms with E-state index < -0.39 is 27.4 Å². The van der Waals surface area contributed by atoms with Crippen LogP contribution in [0.4, 0.5) is 10.1 Å². The number of carboxylic acids is 1. The van der Waals surface area contributed by atoms with Crippen LogP contribution in [0.1, 0.15) is 30.6 Å². The van der Waals surface area contributed by atoms with E-state index >= 15 is 0 Å². The average Bonchev–Trinajstić information content (AvgIpc) is 3.18. The summed E-state index contributed by atoms with van der Waals surface area (Å²) in [6.45, 7) is 3.80. The van der Waals surface area contributed by atoms with Gasteiger partial charge in [-0.25, -0.2) is 17.6 Å². The molecule has 0 aliphatic carbocycles. The highest BCUT2D eigenvalue weighted by Crippen LogP contribution is 2.32. The maximum Gasteiger partial charge on any atom is 0.338 e. The quantitative estimate of drug-likeness (QED) is 0.531. The number of carbonyl (C=O) groups is 1. The average molecular weight is 449 g/mol. The third kappa shape index (κ3) is 5.37. The first kappa shape index (κ1) is 22.2. The van der Waals surface area contributed by atoms with Crippen molar-refractivity contribution in [3.8, 4) is 28.6 Å². The number of nitrogens with zero attached hydrogens (tertiary/aromatic N) is 2. The summed E-state index contributed by atoms with van der Waals surface area (Å²) in [6, 6.07) is 8.16. The summed E-state index contributed by atoms with van der Waals surface area (Å²) in [7, 11) is -3.58. The topological polar surface area (TPSA) is 132 Å². The Morgan fingerprint density at radius 3 is 2.58 bits per heavy atom. The maximum atomic E-state index is 14.0. The van der Waals surface area contributed by atoms with E-state index in [-0.39, 0.29) is 29.1 Å². The first-order valence-electron chi connectivity index (χ1n) is 9.23. The summed E-state index contributed by atoms with van der Waals surface area (Å²) >= 11 is 0. The van der Waals surface area contributed by atoms with Gasteiger partial charge in [0.15, 0.2) is 0 Å². The number of anilines is 1. The Labute approximate surface area is 177 Å². The van der Waals surface area contributed by atoms with Crippen LogP contribution in [0.3, 0.4) is 0 Å². The Kier molecular flexibility index (Phi) is 6.25. The monoisotopic (exact) mass is 449 g/mol. The van der Waals surface area contributed by atoms with Crippen molar-refractivity contribution in [2.45, 2.75) is 26.4 Å². The van der Waals surface area contributed by atoms with Crippen LogP contribution in [0.25, 0.3) is 22.8 Å². The molecule has 1 heterocycles. The van der Waals surface area contributed by atoms with Crippen LogP contribution in [0.2, 0.25) is 0 Å². The highest BCUT2D eigenvalue weighted by Gasteiger charge is 2.18. The number of nitrogens with one attached hydrogen (secondary N) is 1. The molecular formula is C20H20FN3O6S. The molecule has 3 aromatic rings. The molecule has 2 aromatic carbocycles. The Bertz CT molecular complexity index is 1230. The third-order valence-corrected chi connectivity index (χ3v) is 4.90. The molecule has 3 rings (SSSR count). The van der Waals surface area contributed by atoms with Crippen molar-refractivity contribution in [1.29, 1.82) is 0 Å². The Balaban J connectivity index is 1.96. The summed E-state index contributed by atoms with van der Waals surface area (Å²) in [5, 5.41) is 12.7. The van der Waals surface area contributed by atoms with Gasteiger partial charge in [0, 0.05) is 11.1 Å². The van der Waals surface area contributed by atoms with Crippen LogP contribution in [0.5, 0.6) is 5.75 Å². The minimum Gasteiger partial charge on any atom is -0.489 e. The van der Waals surface area contributed by atoms with Crippen molar-refractivity contribution < 1.29 is 32.0 Å². The molecule has 0 aliphatic heterocycles. The lowest BCUT2D eigenvalue weighted by Crippen LogP contribution is -2.14. The van der Waals surface area contributed by atoms with Gasteiger partial charge in [-0.2, -0.15) is 4.98 Å². The molecule has 9 nitrogen and oxygen atoms in total. The van der Waals surface area contributed by atoms with E-state index in [1.54, 1.807) is 12.1 Å². The van der Waals surface area contributed by atoms with Gasteiger partial charge in [-0.3, -0.25) is 4.72 Å². The minimum absolute atomic E-state index is 0.0448. The summed E-state index contributed by atoms with van der Waals surface area (Å²) in [6.07, 6.45) is 1.61. The van der Waals surface area contributed by atoms with Crippen LogP contribution in [-0.4, -0.2) is 42.0 Å². The predicted octanol–water partition coefficient (Wildman–Crippen LogP) is 3.79. The molecule has 2 N–H and O–H groups in total. The summed E-state index contributed by atoms with van der Waals surface area (Å²) < 4.78 is 50.9. The first-order valence-corrected chi connectivity index (χ1v) is 11.1. The molecule has 1 unspecified atom stereocenters. The number of carboxylic acid groups (broad SMARTS) is 1. The van der Waals surface area contributed by atoms with Gasteiger partial charge in [0.2, 0.25) is 15.8 Å². The highest BCUT2D eigenvalue weighted by atomic mass is 32.2. The number of hydrogen-bond donors (Lipinski definition) is 2. The molecule has 1 atom stereocenters. The third-order valence-electron chi connectivity index (χ3n) is 4.31. The van der Waals surface area contributed by atoms with E-state index in [1.165, 1.54) is 12.1 Å². The second-order valence-electron chi connectivity index (χ2n) is 6.84. The fourth-order valence-corrected chi connectivity index (χ4v) is 3.19. The number of ether oxygens (including phenoxy) is 1. The van der Waals surface area contributed by atoms with Crippen LogP contribution < -0.4 is 9.46 Å². The molecule has 0 radical (unpaired) electrons. The zero-order valence-electron chi connectivity index (χ0n) is 16.9. The lowest BCUT2D eigenvalue weighted by Gasteiger charge is -2.17. The van der Waals surface area contributed by atoms with Gasteiger partial charge in [-0.05, 0) is 49.7 Å². The fourth-order valence-electron chi connectivity index (χ4n) is 2.63. The van der Waals surface area contributed by atoms with Gasteiger partial charge in [-0.15, -0.1) is 0 Å². The number of hydrogen-bond acceptors (Lipinski definition) is 7. The van der Waals surface area contributed by atoms with Crippen molar-refractivity contribution in [2.75, 3.05) is 11.0 Å². The number of aromatic carboxylic acids is 1.